The van der Waals surface area contributed by atoms with Crippen molar-refractivity contribution in [3.05, 3.63) is 82.4 Å². The van der Waals surface area contributed by atoms with E-state index in [2.05, 4.69) is 23.5 Å². The highest BCUT2D eigenvalue weighted by Crippen LogP contribution is 2.32. The third-order valence-corrected chi connectivity index (χ3v) is 5.38. The van der Waals surface area contributed by atoms with E-state index in [0.717, 1.165) is 18.4 Å². The summed E-state index contributed by atoms with van der Waals surface area (Å²) in [4.78, 5) is 12.4. The van der Waals surface area contributed by atoms with Gasteiger partial charge in [-0.15, -0.1) is 0 Å². The Kier molecular flexibility index (Phi) is 4.87. The Bertz CT molecular complexity index is 976. The Morgan fingerprint density at radius 3 is 2.44 bits per heavy atom. The Morgan fingerprint density at radius 1 is 0.926 bits per heavy atom. The number of carbonyl (C=O) groups is 1. The fraction of sp³-hybridized carbons (Fsp3) is 0.174. The molecule has 4 heteroatoms. The number of anilines is 1. The minimum absolute atomic E-state index is 0.0837. The molecule has 0 atom stereocenters. The summed E-state index contributed by atoms with van der Waals surface area (Å²) >= 11 is 6.04. The lowest BCUT2D eigenvalue weighted by atomic mass is 9.86. The number of carbonyl (C=O) groups excluding carboxylic acids is 1. The zero-order valence-corrected chi connectivity index (χ0v) is 15.6. The van der Waals surface area contributed by atoms with Crippen LogP contribution in [0.1, 0.15) is 34.3 Å². The van der Waals surface area contributed by atoms with Crippen molar-refractivity contribution in [3.63, 3.8) is 0 Å². The number of nitrogens with one attached hydrogen (secondary N) is 1. The van der Waals surface area contributed by atoms with Gasteiger partial charge in [-0.25, -0.2) is 0 Å². The van der Waals surface area contributed by atoms with Gasteiger partial charge in [-0.05, 0) is 72.2 Å². The normalized spacial score (nSPS) is 13.1. The number of hydrogen-bond acceptors (Lipinski definition) is 2. The van der Waals surface area contributed by atoms with Crippen molar-refractivity contribution in [2.24, 2.45) is 0 Å². The van der Waals surface area contributed by atoms with Crippen LogP contribution in [-0.4, -0.2) is 11.0 Å². The van der Waals surface area contributed by atoms with Crippen molar-refractivity contribution in [3.8, 4) is 16.9 Å². The SMILES string of the molecule is O=C(Nc1ccc(-c2cccc3c2CCCC3)cc1)c1c(O)cccc1Cl. The van der Waals surface area contributed by atoms with Crippen molar-refractivity contribution in [1.82, 2.24) is 0 Å². The van der Waals surface area contributed by atoms with Crippen LogP contribution in [0, 0.1) is 0 Å². The largest absolute Gasteiger partial charge is 0.507 e. The van der Waals surface area contributed by atoms with Gasteiger partial charge in [0.25, 0.3) is 5.91 Å². The molecule has 3 aromatic carbocycles. The van der Waals surface area contributed by atoms with Crippen LogP contribution in [0.25, 0.3) is 11.1 Å². The van der Waals surface area contributed by atoms with Crippen molar-refractivity contribution in [2.45, 2.75) is 25.7 Å². The van der Waals surface area contributed by atoms with Gasteiger partial charge >= 0.3 is 0 Å². The molecule has 3 nitrogen and oxygen atoms in total. The van der Waals surface area contributed by atoms with Crippen molar-refractivity contribution in [2.75, 3.05) is 5.32 Å². The molecule has 1 aliphatic carbocycles. The predicted molar refractivity (Wildman–Crippen MR) is 110 cm³/mol. The third-order valence-electron chi connectivity index (χ3n) is 5.07. The number of aromatic hydroxyl groups is 1. The number of fused-ring (bicyclic) bond motifs is 1. The lowest BCUT2D eigenvalue weighted by molar-refractivity contribution is 0.102. The summed E-state index contributed by atoms with van der Waals surface area (Å²) in [6.07, 6.45) is 4.77. The smallest absolute Gasteiger partial charge is 0.260 e. The highest BCUT2D eigenvalue weighted by Gasteiger charge is 2.16. The Hall–Kier alpha value is -2.78. The van der Waals surface area contributed by atoms with Gasteiger partial charge in [-0.2, -0.15) is 0 Å². The standard InChI is InChI=1S/C23H20ClNO2/c24-20-9-4-10-21(26)22(20)23(27)25-17-13-11-16(12-14-17)19-8-3-6-15-5-1-2-7-18(15)19/h3-4,6,8-14,26H,1-2,5,7H2,(H,25,27). The second-order valence-corrected chi connectivity index (χ2v) is 7.22. The average molecular weight is 378 g/mol. The van der Waals surface area contributed by atoms with Gasteiger partial charge in [0.2, 0.25) is 0 Å². The van der Waals surface area contributed by atoms with Gasteiger partial charge in [0.05, 0.1) is 5.02 Å². The number of hydrogen-bond donors (Lipinski definition) is 2. The highest BCUT2D eigenvalue weighted by atomic mass is 35.5. The summed E-state index contributed by atoms with van der Waals surface area (Å²) in [5, 5.41) is 12.9. The first-order chi connectivity index (χ1) is 13.1. The van der Waals surface area contributed by atoms with Crippen LogP contribution in [0.4, 0.5) is 5.69 Å². The van der Waals surface area contributed by atoms with E-state index >= 15 is 0 Å². The molecule has 0 aliphatic heterocycles. The first kappa shape index (κ1) is 17.6. The number of amides is 1. The van der Waals surface area contributed by atoms with Crippen LogP contribution in [0.5, 0.6) is 5.75 Å². The molecule has 3 aromatic rings. The van der Waals surface area contributed by atoms with Gasteiger partial charge < -0.3 is 10.4 Å². The van der Waals surface area contributed by atoms with E-state index in [9.17, 15) is 9.90 Å². The first-order valence-corrected chi connectivity index (χ1v) is 9.51. The maximum Gasteiger partial charge on any atom is 0.260 e. The molecule has 0 saturated carbocycles. The van der Waals surface area contributed by atoms with E-state index in [1.807, 2.05) is 24.3 Å². The lowest BCUT2D eigenvalue weighted by Gasteiger charge is -2.19. The molecule has 136 valence electrons. The van der Waals surface area contributed by atoms with Crippen LogP contribution in [0.15, 0.2) is 60.7 Å². The van der Waals surface area contributed by atoms with Crippen LogP contribution in [0.3, 0.4) is 0 Å². The van der Waals surface area contributed by atoms with E-state index in [1.54, 1.807) is 12.1 Å². The summed E-state index contributed by atoms with van der Waals surface area (Å²) in [6, 6.07) is 18.9. The van der Waals surface area contributed by atoms with E-state index in [1.165, 1.54) is 35.6 Å². The molecule has 0 heterocycles. The third kappa shape index (κ3) is 3.56. The number of phenolic OH excluding ortho intramolecular Hbond substituents is 1. The maximum atomic E-state index is 12.4. The van der Waals surface area contributed by atoms with Crippen LogP contribution in [-0.2, 0) is 12.8 Å². The van der Waals surface area contributed by atoms with E-state index in [0.29, 0.717) is 5.69 Å². The zero-order chi connectivity index (χ0) is 18.8. The topological polar surface area (TPSA) is 49.3 Å². The first-order valence-electron chi connectivity index (χ1n) is 9.13. The maximum absolute atomic E-state index is 12.4. The minimum Gasteiger partial charge on any atom is -0.507 e. The molecule has 27 heavy (non-hydrogen) atoms. The quantitative estimate of drug-likeness (QED) is 0.602. The Labute approximate surface area is 163 Å². The van der Waals surface area contributed by atoms with E-state index < -0.39 is 5.91 Å². The molecule has 0 bridgehead atoms. The van der Waals surface area contributed by atoms with Gasteiger partial charge in [0.15, 0.2) is 0 Å². The fourth-order valence-electron chi connectivity index (χ4n) is 3.72. The molecular weight excluding hydrogens is 358 g/mol. The summed E-state index contributed by atoms with van der Waals surface area (Å²) in [7, 11) is 0. The molecule has 0 aromatic heterocycles. The number of aryl methyl sites for hydroxylation is 1. The summed E-state index contributed by atoms with van der Waals surface area (Å²) < 4.78 is 0. The Balaban J connectivity index is 1.58. The molecule has 0 fully saturated rings. The van der Waals surface area contributed by atoms with Crippen LogP contribution >= 0.6 is 11.6 Å². The van der Waals surface area contributed by atoms with Crippen LogP contribution in [0.2, 0.25) is 5.02 Å². The zero-order valence-electron chi connectivity index (χ0n) is 14.8. The van der Waals surface area contributed by atoms with E-state index in [4.69, 9.17) is 11.6 Å². The van der Waals surface area contributed by atoms with Crippen LogP contribution < -0.4 is 5.32 Å². The van der Waals surface area contributed by atoms with Gasteiger partial charge in [0.1, 0.15) is 11.3 Å². The second-order valence-electron chi connectivity index (χ2n) is 6.82. The van der Waals surface area contributed by atoms with Crippen molar-refractivity contribution < 1.29 is 9.90 Å². The molecule has 0 saturated heterocycles. The van der Waals surface area contributed by atoms with Gasteiger partial charge in [-0.1, -0.05) is 48.0 Å². The molecular formula is C23H20ClNO2. The van der Waals surface area contributed by atoms with Gasteiger partial charge in [0, 0.05) is 5.69 Å². The lowest BCUT2D eigenvalue weighted by Crippen LogP contribution is -2.12. The molecule has 2 N–H and O–H groups in total. The minimum atomic E-state index is -0.428. The number of benzene rings is 3. The summed E-state index contributed by atoms with van der Waals surface area (Å²) in [5.74, 6) is -0.560. The molecule has 0 radical (unpaired) electrons. The molecule has 1 amide bonds. The molecule has 0 unspecified atom stereocenters. The molecule has 1 aliphatic rings. The number of halogens is 1. The Morgan fingerprint density at radius 2 is 1.67 bits per heavy atom. The monoisotopic (exact) mass is 377 g/mol. The van der Waals surface area contributed by atoms with E-state index in [-0.39, 0.29) is 16.3 Å². The predicted octanol–water partition coefficient (Wildman–Crippen LogP) is 5.84. The number of phenols is 1. The summed E-state index contributed by atoms with van der Waals surface area (Å²) in [5.41, 5.74) is 6.06. The fourth-order valence-corrected chi connectivity index (χ4v) is 3.97. The van der Waals surface area contributed by atoms with Crippen molar-refractivity contribution in [1.29, 1.82) is 0 Å². The second kappa shape index (κ2) is 7.45. The van der Waals surface area contributed by atoms with Crippen molar-refractivity contribution >= 4 is 23.2 Å². The summed E-state index contributed by atoms with van der Waals surface area (Å²) in [6.45, 7) is 0. The highest BCUT2D eigenvalue weighted by molar-refractivity contribution is 6.34. The number of rotatable bonds is 3. The van der Waals surface area contributed by atoms with Gasteiger partial charge in [-0.3, -0.25) is 4.79 Å². The average Bonchev–Trinajstić information content (AvgIpc) is 2.68. The molecule has 0 spiro atoms. The molecule has 4 rings (SSSR count).